The molecule has 0 aromatic heterocycles. The monoisotopic (exact) mass is 593 g/mol. The number of carbonyl (C=O) groups is 3. The molecule has 5 rings (SSSR count). The third-order valence-corrected chi connectivity index (χ3v) is 8.59. The summed E-state index contributed by atoms with van der Waals surface area (Å²) in [5.74, 6) is -1.16. The Morgan fingerprint density at radius 1 is 1.07 bits per heavy atom. The highest BCUT2D eigenvalue weighted by molar-refractivity contribution is 8.16. The van der Waals surface area contributed by atoms with Gasteiger partial charge in [0.15, 0.2) is 5.17 Å². The average molecular weight is 594 g/mol. The number of amidine groups is 1. The van der Waals surface area contributed by atoms with Crippen LogP contribution in [0.3, 0.4) is 0 Å². The van der Waals surface area contributed by atoms with Gasteiger partial charge in [-0.05, 0) is 49.3 Å². The number of benzene rings is 2. The number of hydrogen-bond acceptors (Lipinski definition) is 8. The number of aliphatic imine (C=N–C) groups is 1. The molecule has 0 bridgehead atoms. The number of likely N-dealkylation sites (tertiary alicyclic amines) is 1. The maximum absolute atomic E-state index is 13.6. The van der Waals surface area contributed by atoms with Crippen molar-refractivity contribution in [2.45, 2.75) is 45.8 Å². The molecule has 2 atom stereocenters. The van der Waals surface area contributed by atoms with E-state index in [4.69, 9.17) is 26.1 Å². The topological polar surface area (TPSA) is 88.5 Å². The Bertz CT molecular complexity index is 1420. The van der Waals surface area contributed by atoms with E-state index in [0.717, 1.165) is 12.0 Å². The van der Waals surface area contributed by atoms with Crippen molar-refractivity contribution in [3.05, 3.63) is 93.1 Å². The maximum Gasteiger partial charge on any atom is 0.338 e. The Balaban J connectivity index is 1.40. The summed E-state index contributed by atoms with van der Waals surface area (Å²) in [5, 5.41) is 3.06. The zero-order chi connectivity index (χ0) is 28.9. The lowest BCUT2D eigenvalue weighted by atomic mass is 9.93. The predicted molar refractivity (Wildman–Crippen MR) is 159 cm³/mol. The molecule has 0 radical (unpaired) electrons. The third kappa shape index (κ3) is 6.36. The van der Waals surface area contributed by atoms with Crippen LogP contribution in [-0.4, -0.2) is 52.5 Å². The third-order valence-electron chi connectivity index (χ3n) is 7.36. The molecular weight excluding hydrogens is 562 g/mol. The standard InChI is InChI=1S/C31H32ClN3O5S/c1-3-39-29(37)22-12-9-15-34(17-22)26(36)16-23-19-41-31-33-20(2)27(30(38)40-18-21-10-5-4-6-11-21)28(35(23)31)24-13-7-8-14-25(24)32/h4-8,10-11,13-14,19,22,28H,3,9,12,15-18H2,1-2H3. The summed E-state index contributed by atoms with van der Waals surface area (Å²) < 4.78 is 11.0. The second-order valence-electron chi connectivity index (χ2n) is 10.1. The first-order valence-corrected chi connectivity index (χ1v) is 15.0. The number of rotatable bonds is 8. The fraction of sp³-hybridized carbons (Fsp3) is 0.355. The Morgan fingerprint density at radius 3 is 2.59 bits per heavy atom. The van der Waals surface area contributed by atoms with Crippen molar-refractivity contribution in [3.8, 4) is 0 Å². The minimum absolute atomic E-state index is 0.0912. The van der Waals surface area contributed by atoms with Gasteiger partial charge in [-0.25, -0.2) is 9.79 Å². The summed E-state index contributed by atoms with van der Waals surface area (Å²) in [4.78, 5) is 47.9. The lowest BCUT2D eigenvalue weighted by molar-refractivity contribution is -0.151. The number of hydrogen-bond donors (Lipinski definition) is 0. The second-order valence-corrected chi connectivity index (χ2v) is 11.3. The fourth-order valence-corrected chi connectivity index (χ4v) is 6.55. The van der Waals surface area contributed by atoms with Crippen molar-refractivity contribution in [1.29, 1.82) is 0 Å². The molecule has 0 N–H and O–H groups in total. The summed E-state index contributed by atoms with van der Waals surface area (Å²) >= 11 is 8.11. The summed E-state index contributed by atoms with van der Waals surface area (Å²) in [7, 11) is 0. The zero-order valence-corrected chi connectivity index (χ0v) is 24.6. The number of fused-ring (bicyclic) bond motifs is 1. The molecule has 1 fully saturated rings. The molecule has 10 heteroatoms. The van der Waals surface area contributed by atoms with Gasteiger partial charge in [-0.3, -0.25) is 9.59 Å². The Kier molecular flexibility index (Phi) is 9.15. The van der Waals surface area contributed by atoms with Crippen molar-refractivity contribution in [3.63, 3.8) is 0 Å². The van der Waals surface area contributed by atoms with E-state index in [1.807, 2.05) is 58.8 Å². The van der Waals surface area contributed by atoms with Crippen LogP contribution in [0.1, 0.15) is 50.3 Å². The molecule has 0 aliphatic carbocycles. The van der Waals surface area contributed by atoms with Crippen molar-refractivity contribution in [1.82, 2.24) is 9.80 Å². The van der Waals surface area contributed by atoms with Crippen LogP contribution in [0.4, 0.5) is 0 Å². The normalized spacial score (nSPS) is 20.3. The lowest BCUT2D eigenvalue weighted by Crippen LogP contribution is -2.44. The number of nitrogens with zero attached hydrogens (tertiary/aromatic N) is 3. The van der Waals surface area contributed by atoms with E-state index in [9.17, 15) is 14.4 Å². The Labute approximate surface area is 249 Å². The summed E-state index contributed by atoms with van der Waals surface area (Å²) in [6.07, 6.45) is 1.53. The van der Waals surface area contributed by atoms with Gasteiger partial charge >= 0.3 is 11.9 Å². The fourth-order valence-electron chi connectivity index (χ4n) is 5.35. The van der Waals surface area contributed by atoms with Gasteiger partial charge in [0.1, 0.15) is 6.61 Å². The lowest BCUT2D eigenvalue weighted by Gasteiger charge is -2.37. The number of carbonyl (C=O) groups excluding carboxylic acids is 3. The van der Waals surface area contributed by atoms with Crippen molar-refractivity contribution in [2.75, 3.05) is 19.7 Å². The van der Waals surface area contributed by atoms with E-state index in [-0.39, 0.29) is 30.8 Å². The van der Waals surface area contributed by atoms with Crippen molar-refractivity contribution < 1.29 is 23.9 Å². The highest BCUT2D eigenvalue weighted by Crippen LogP contribution is 2.46. The van der Waals surface area contributed by atoms with E-state index < -0.39 is 12.0 Å². The van der Waals surface area contributed by atoms with Crippen LogP contribution in [0.15, 0.2) is 82.0 Å². The number of piperidine rings is 1. The van der Waals surface area contributed by atoms with Crippen LogP contribution < -0.4 is 0 Å². The van der Waals surface area contributed by atoms with E-state index in [0.29, 0.717) is 58.8 Å². The molecule has 3 aliphatic rings. The molecule has 3 heterocycles. The van der Waals surface area contributed by atoms with Crippen LogP contribution in [0.5, 0.6) is 0 Å². The first-order valence-electron chi connectivity index (χ1n) is 13.7. The highest BCUT2D eigenvalue weighted by atomic mass is 35.5. The second kappa shape index (κ2) is 13.0. The SMILES string of the molecule is CCOC(=O)C1CCCN(C(=O)CC2=CSC3=NC(C)=C(C(=O)OCc4ccccc4)C(c4ccccc4Cl)N23)C1. The van der Waals surface area contributed by atoms with E-state index in [1.54, 1.807) is 24.8 Å². The van der Waals surface area contributed by atoms with Gasteiger partial charge in [0.25, 0.3) is 0 Å². The van der Waals surface area contributed by atoms with Gasteiger partial charge in [-0.1, -0.05) is 71.9 Å². The molecule has 0 saturated carbocycles. The van der Waals surface area contributed by atoms with Crippen LogP contribution in [0, 0.1) is 5.92 Å². The molecule has 2 unspecified atom stereocenters. The van der Waals surface area contributed by atoms with Crippen LogP contribution in [-0.2, 0) is 30.5 Å². The minimum atomic E-state index is -0.623. The quantitative estimate of drug-likeness (QED) is 0.355. The zero-order valence-electron chi connectivity index (χ0n) is 23.0. The summed E-state index contributed by atoms with van der Waals surface area (Å²) in [5.41, 5.74) is 3.22. The molecule has 1 amide bonds. The molecule has 2 aromatic carbocycles. The molecule has 2 aromatic rings. The number of thioether (sulfide) groups is 1. The molecular formula is C31H32ClN3O5S. The smallest absolute Gasteiger partial charge is 0.338 e. The molecule has 41 heavy (non-hydrogen) atoms. The molecule has 1 saturated heterocycles. The highest BCUT2D eigenvalue weighted by Gasteiger charge is 2.42. The van der Waals surface area contributed by atoms with Gasteiger partial charge < -0.3 is 19.3 Å². The largest absolute Gasteiger partial charge is 0.466 e. The Hall–Kier alpha value is -3.56. The minimum Gasteiger partial charge on any atom is -0.466 e. The number of halogens is 1. The van der Waals surface area contributed by atoms with Gasteiger partial charge in [0, 0.05) is 23.8 Å². The average Bonchev–Trinajstić information content (AvgIpc) is 3.38. The number of amides is 1. The molecule has 8 nitrogen and oxygen atoms in total. The van der Waals surface area contributed by atoms with E-state index in [2.05, 4.69) is 0 Å². The number of ether oxygens (including phenoxy) is 2. The first-order chi connectivity index (χ1) is 19.9. The maximum atomic E-state index is 13.6. The van der Waals surface area contributed by atoms with Crippen LogP contribution in [0.2, 0.25) is 5.02 Å². The summed E-state index contributed by atoms with van der Waals surface area (Å²) in [6.45, 7) is 4.93. The van der Waals surface area contributed by atoms with Gasteiger partial charge in [-0.15, -0.1) is 0 Å². The molecule has 3 aliphatic heterocycles. The van der Waals surface area contributed by atoms with E-state index in [1.165, 1.54) is 11.8 Å². The van der Waals surface area contributed by atoms with Gasteiger partial charge in [-0.2, -0.15) is 0 Å². The number of allylic oxidation sites excluding steroid dienone is 1. The van der Waals surface area contributed by atoms with Gasteiger partial charge in [0.2, 0.25) is 5.91 Å². The molecule has 0 spiro atoms. The van der Waals surface area contributed by atoms with Crippen molar-refractivity contribution in [2.24, 2.45) is 10.9 Å². The van der Waals surface area contributed by atoms with Crippen molar-refractivity contribution >= 4 is 46.4 Å². The van der Waals surface area contributed by atoms with E-state index >= 15 is 0 Å². The molecule has 214 valence electrons. The Morgan fingerprint density at radius 2 is 1.83 bits per heavy atom. The summed E-state index contributed by atoms with van der Waals surface area (Å²) in [6, 6.07) is 16.2. The predicted octanol–water partition coefficient (Wildman–Crippen LogP) is 5.85. The van der Waals surface area contributed by atoms with Gasteiger partial charge in [0.05, 0.1) is 36.3 Å². The van der Waals surface area contributed by atoms with Crippen LogP contribution in [0.25, 0.3) is 0 Å². The first kappa shape index (κ1) is 29.0. The number of esters is 2. The van der Waals surface area contributed by atoms with Crippen LogP contribution >= 0.6 is 23.4 Å².